The fourth-order valence-electron chi connectivity index (χ4n) is 1.25. The van der Waals surface area contributed by atoms with Crippen LogP contribution in [0.15, 0.2) is 18.2 Å². The summed E-state index contributed by atoms with van der Waals surface area (Å²) in [7, 11) is 0. The van der Waals surface area contributed by atoms with Crippen LogP contribution in [-0.2, 0) is 0 Å². The molecule has 0 atom stereocenters. The molecule has 0 aromatic heterocycles. The minimum Gasteiger partial charge on any atom is -0.397 e. The van der Waals surface area contributed by atoms with Crippen molar-refractivity contribution in [3.8, 4) is 0 Å². The number of nitrogens with two attached hydrogens (primary N) is 2. The summed E-state index contributed by atoms with van der Waals surface area (Å²) >= 11 is 0. The van der Waals surface area contributed by atoms with Gasteiger partial charge in [-0.2, -0.15) is 0 Å². The number of hydrogen-bond acceptors (Lipinski definition) is 3. The van der Waals surface area contributed by atoms with Crippen LogP contribution < -0.4 is 16.8 Å². The second-order valence-corrected chi connectivity index (χ2v) is 3.11. The number of benzene rings is 1. The van der Waals surface area contributed by atoms with Gasteiger partial charge in [0, 0.05) is 6.54 Å². The number of nitrogens with one attached hydrogen (secondary N) is 1. The SMILES string of the molecule is Cc1cccc(N)c1NCCCN. The molecule has 0 spiro atoms. The van der Waals surface area contributed by atoms with Crippen molar-refractivity contribution in [2.24, 2.45) is 5.73 Å². The van der Waals surface area contributed by atoms with E-state index in [2.05, 4.69) is 5.32 Å². The summed E-state index contributed by atoms with van der Waals surface area (Å²) in [5.74, 6) is 0. The molecule has 0 unspecified atom stereocenters. The van der Waals surface area contributed by atoms with Crippen LogP contribution >= 0.6 is 0 Å². The van der Waals surface area contributed by atoms with Crippen LogP contribution in [-0.4, -0.2) is 13.1 Å². The maximum absolute atomic E-state index is 5.81. The first-order chi connectivity index (χ1) is 6.25. The van der Waals surface area contributed by atoms with E-state index in [1.807, 2.05) is 25.1 Å². The van der Waals surface area contributed by atoms with E-state index >= 15 is 0 Å². The van der Waals surface area contributed by atoms with E-state index in [0.717, 1.165) is 24.3 Å². The molecule has 5 N–H and O–H groups in total. The number of nitrogen functional groups attached to an aromatic ring is 1. The van der Waals surface area contributed by atoms with Gasteiger partial charge in [0.1, 0.15) is 0 Å². The van der Waals surface area contributed by atoms with Gasteiger partial charge >= 0.3 is 0 Å². The molecular weight excluding hydrogens is 162 g/mol. The Morgan fingerprint density at radius 3 is 2.77 bits per heavy atom. The first-order valence-electron chi connectivity index (χ1n) is 4.54. The lowest BCUT2D eigenvalue weighted by atomic mass is 10.1. The fraction of sp³-hybridized carbons (Fsp3) is 0.400. The van der Waals surface area contributed by atoms with Crippen molar-refractivity contribution >= 4 is 11.4 Å². The summed E-state index contributed by atoms with van der Waals surface area (Å²) in [4.78, 5) is 0. The van der Waals surface area contributed by atoms with Crippen LogP contribution in [0.25, 0.3) is 0 Å². The molecule has 3 nitrogen and oxygen atoms in total. The lowest BCUT2D eigenvalue weighted by molar-refractivity contribution is 0.874. The molecule has 0 saturated heterocycles. The van der Waals surface area contributed by atoms with Crippen molar-refractivity contribution in [1.29, 1.82) is 0 Å². The fourth-order valence-corrected chi connectivity index (χ4v) is 1.25. The molecule has 0 radical (unpaired) electrons. The molecule has 72 valence electrons. The highest BCUT2D eigenvalue weighted by molar-refractivity contribution is 5.69. The van der Waals surface area contributed by atoms with Crippen LogP contribution in [0.4, 0.5) is 11.4 Å². The predicted octanol–water partition coefficient (Wildman–Crippen LogP) is 1.34. The summed E-state index contributed by atoms with van der Waals surface area (Å²) in [6.07, 6.45) is 0.966. The van der Waals surface area contributed by atoms with Crippen LogP contribution in [0.5, 0.6) is 0 Å². The van der Waals surface area contributed by atoms with E-state index in [1.54, 1.807) is 0 Å². The Balaban J connectivity index is 2.64. The maximum atomic E-state index is 5.81. The van der Waals surface area contributed by atoms with Gasteiger partial charge in [-0.05, 0) is 31.5 Å². The van der Waals surface area contributed by atoms with E-state index in [0.29, 0.717) is 6.54 Å². The number of anilines is 2. The standard InChI is InChI=1S/C10H17N3/c1-8-4-2-5-9(12)10(8)13-7-3-6-11/h2,4-5,13H,3,6-7,11-12H2,1H3. The van der Waals surface area contributed by atoms with E-state index in [-0.39, 0.29) is 0 Å². The van der Waals surface area contributed by atoms with Gasteiger partial charge in [-0.1, -0.05) is 12.1 Å². The second-order valence-electron chi connectivity index (χ2n) is 3.11. The Hall–Kier alpha value is -1.22. The van der Waals surface area contributed by atoms with Crippen molar-refractivity contribution < 1.29 is 0 Å². The molecule has 0 aliphatic rings. The third-order valence-corrected chi connectivity index (χ3v) is 1.99. The van der Waals surface area contributed by atoms with Gasteiger partial charge < -0.3 is 16.8 Å². The van der Waals surface area contributed by atoms with E-state index < -0.39 is 0 Å². The van der Waals surface area contributed by atoms with Crippen LogP contribution in [0.1, 0.15) is 12.0 Å². The van der Waals surface area contributed by atoms with E-state index in [9.17, 15) is 0 Å². The number of hydrogen-bond donors (Lipinski definition) is 3. The lowest BCUT2D eigenvalue weighted by Crippen LogP contribution is -2.10. The van der Waals surface area contributed by atoms with Crippen molar-refractivity contribution in [3.63, 3.8) is 0 Å². The zero-order valence-electron chi connectivity index (χ0n) is 8.01. The topological polar surface area (TPSA) is 64.1 Å². The Kier molecular flexibility index (Phi) is 3.58. The lowest BCUT2D eigenvalue weighted by Gasteiger charge is -2.11. The van der Waals surface area contributed by atoms with Gasteiger partial charge in [0.2, 0.25) is 0 Å². The molecule has 13 heavy (non-hydrogen) atoms. The van der Waals surface area contributed by atoms with Crippen LogP contribution in [0, 0.1) is 6.92 Å². The van der Waals surface area contributed by atoms with Crippen molar-refractivity contribution in [2.75, 3.05) is 24.1 Å². The highest BCUT2D eigenvalue weighted by Crippen LogP contribution is 2.21. The summed E-state index contributed by atoms with van der Waals surface area (Å²) in [6.45, 7) is 3.63. The molecule has 1 aromatic carbocycles. The van der Waals surface area contributed by atoms with Gasteiger partial charge in [0.05, 0.1) is 11.4 Å². The summed E-state index contributed by atoms with van der Waals surface area (Å²) < 4.78 is 0. The summed E-state index contributed by atoms with van der Waals surface area (Å²) in [5, 5.41) is 3.28. The normalized spacial score (nSPS) is 10.0. The molecular formula is C10H17N3. The van der Waals surface area contributed by atoms with Crippen molar-refractivity contribution in [3.05, 3.63) is 23.8 Å². The summed E-state index contributed by atoms with van der Waals surface area (Å²) in [5.41, 5.74) is 14.2. The highest BCUT2D eigenvalue weighted by Gasteiger charge is 2.00. The average molecular weight is 179 g/mol. The Labute approximate surface area is 79.1 Å². The van der Waals surface area contributed by atoms with Gasteiger partial charge in [0.15, 0.2) is 0 Å². The molecule has 0 aliphatic carbocycles. The van der Waals surface area contributed by atoms with E-state index in [1.165, 1.54) is 5.56 Å². The van der Waals surface area contributed by atoms with E-state index in [4.69, 9.17) is 11.5 Å². The molecule has 0 amide bonds. The van der Waals surface area contributed by atoms with Crippen LogP contribution in [0.2, 0.25) is 0 Å². The molecule has 0 aliphatic heterocycles. The number of para-hydroxylation sites is 1. The number of rotatable bonds is 4. The quantitative estimate of drug-likeness (QED) is 0.482. The zero-order chi connectivity index (χ0) is 9.68. The third-order valence-electron chi connectivity index (χ3n) is 1.99. The van der Waals surface area contributed by atoms with Gasteiger partial charge in [-0.3, -0.25) is 0 Å². The Bertz CT molecular complexity index is 251. The average Bonchev–Trinajstić information content (AvgIpc) is 2.10. The largest absolute Gasteiger partial charge is 0.397 e. The molecule has 0 bridgehead atoms. The molecule has 1 aromatic rings. The molecule has 0 fully saturated rings. The highest BCUT2D eigenvalue weighted by atomic mass is 14.9. The predicted molar refractivity (Wildman–Crippen MR) is 57.8 cm³/mol. The van der Waals surface area contributed by atoms with Gasteiger partial charge in [-0.15, -0.1) is 0 Å². The molecule has 0 saturated carbocycles. The van der Waals surface area contributed by atoms with Crippen molar-refractivity contribution in [1.82, 2.24) is 0 Å². The van der Waals surface area contributed by atoms with Gasteiger partial charge in [-0.25, -0.2) is 0 Å². The van der Waals surface area contributed by atoms with Crippen molar-refractivity contribution in [2.45, 2.75) is 13.3 Å². The monoisotopic (exact) mass is 179 g/mol. The maximum Gasteiger partial charge on any atom is 0.0603 e. The molecule has 0 heterocycles. The van der Waals surface area contributed by atoms with Gasteiger partial charge in [0.25, 0.3) is 0 Å². The third kappa shape index (κ3) is 2.63. The summed E-state index contributed by atoms with van der Waals surface area (Å²) in [6, 6.07) is 5.90. The molecule has 1 rings (SSSR count). The Morgan fingerprint density at radius 1 is 1.38 bits per heavy atom. The minimum atomic E-state index is 0.707. The zero-order valence-corrected chi connectivity index (χ0v) is 8.01. The first-order valence-corrected chi connectivity index (χ1v) is 4.54. The molecule has 3 heteroatoms. The number of aryl methyl sites for hydroxylation is 1. The minimum absolute atomic E-state index is 0.707. The van der Waals surface area contributed by atoms with Crippen LogP contribution in [0.3, 0.4) is 0 Å². The Morgan fingerprint density at radius 2 is 2.15 bits per heavy atom. The second kappa shape index (κ2) is 4.72. The smallest absolute Gasteiger partial charge is 0.0603 e. The first kappa shape index (κ1) is 9.86.